The minimum atomic E-state index is -1.65. The summed E-state index contributed by atoms with van der Waals surface area (Å²) in [6.07, 6.45) is 5.76. The number of benzene rings is 5. The normalized spacial score (nSPS) is 16.5. The van der Waals surface area contributed by atoms with Crippen LogP contribution >= 0.6 is 46.4 Å². The van der Waals surface area contributed by atoms with Crippen molar-refractivity contribution in [1.82, 2.24) is 0 Å². The summed E-state index contributed by atoms with van der Waals surface area (Å²) in [7, 11) is 3.25. The van der Waals surface area contributed by atoms with Crippen molar-refractivity contribution in [1.29, 1.82) is 0 Å². The van der Waals surface area contributed by atoms with Crippen molar-refractivity contribution >= 4 is 74.9 Å². The SMILES string of the molecule is CCC(C)Nc1ccc(/C(=C/C2(/C=C(/c3ccc(NC(C)CC)cc3)c3ccc(OC)cc3)OC(=O)c3c(Cl)c(Cl)c(Cl)c(Cl)c32)c2ccc(OC)cc2)cc1. The summed E-state index contributed by atoms with van der Waals surface area (Å²) in [5.74, 6) is 0.692. The Bertz CT molecular complexity index is 2140. The van der Waals surface area contributed by atoms with E-state index in [1.165, 1.54) is 0 Å². The number of ether oxygens (including phenoxy) is 3. The number of fused-ring (bicyclic) bond motifs is 1. The van der Waals surface area contributed by atoms with Gasteiger partial charge in [0.15, 0.2) is 5.60 Å². The maximum atomic E-state index is 14.2. The number of carbonyl (C=O) groups excluding carboxylic acids is 1. The fraction of sp³-hybridized carbons (Fsp3) is 0.239. The molecule has 6 nitrogen and oxygen atoms in total. The molecule has 0 radical (unpaired) electrons. The number of anilines is 2. The molecule has 6 rings (SSSR count). The lowest BCUT2D eigenvalue weighted by Gasteiger charge is -2.27. The average molecular weight is 831 g/mol. The van der Waals surface area contributed by atoms with Gasteiger partial charge in [-0.1, -0.05) is 109 Å². The highest BCUT2D eigenvalue weighted by Crippen LogP contribution is 2.53. The van der Waals surface area contributed by atoms with Gasteiger partial charge in [-0.15, -0.1) is 0 Å². The average Bonchev–Trinajstić information content (AvgIpc) is 3.52. The largest absolute Gasteiger partial charge is 0.497 e. The zero-order valence-electron chi connectivity index (χ0n) is 32.1. The predicted octanol–water partition coefficient (Wildman–Crippen LogP) is 13.4. The van der Waals surface area contributed by atoms with Crippen LogP contribution in [-0.2, 0) is 10.3 Å². The number of nitrogens with one attached hydrogen (secondary N) is 2. The summed E-state index contributed by atoms with van der Waals surface area (Å²) in [6.45, 7) is 8.56. The van der Waals surface area contributed by atoms with E-state index in [4.69, 9.17) is 60.6 Å². The van der Waals surface area contributed by atoms with Crippen LogP contribution in [0.5, 0.6) is 11.5 Å². The van der Waals surface area contributed by atoms with Crippen LogP contribution in [0.4, 0.5) is 11.4 Å². The van der Waals surface area contributed by atoms with Crippen LogP contribution in [0.3, 0.4) is 0 Å². The highest BCUT2D eigenvalue weighted by molar-refractivity contribution is 6.53. The number of hydrogen-bond donors (Lipinski definition) is 2. The maximum absolute atomic E-state index is 14.2. The van der Waals surface area contributed by atoms with Gasteiger partial charge in [-0.25, -0.2) is 4.79 Å². The molecule has 5 aromatic rings. The Labute approximate surface area is 349 Å². The molecule has 0 aromatic heterocycles. The summed E-state index contributed by atoms with van der Waals surface area (Å²) in [5, 5.41) is 7.07. The van der Waals surface area contributed by atoms with E-state index in [9.17, 15) is 4.79 Å². The van der Waals surface area contributed by atoms with E-state index >= 15 is 0 Å². The van der Waals surface area contributed by atoms with Crippen molar-refractivity contribution in [2.75, 3.05) is 24.9 Å². The topological polar surface area (TPSA) is 68.8 Å². The van der Waals surface area contributed by atoms with Crippen molar-refractivity contribution in [2.45, 2.75) is 58.2 Å². The Morgan fingerprint density at radius 3 is 1.32 bits per heavy atom. The Hall–Kier alpha value is -4.59. The van der Waals surface area contributed by atoms with Gasteiger partial charge in [-0.05, 0) is 121 Å². The second kappa shape index (κ2) is 17.7. The third kappa shape index (κ3) is 8.54. The van der Waals surface area contributed by atoms with Crippen LogP contribution in [-0.4, -0.2) is 32.3 Å². The second-order valence-electron chi connectivity index (χ2n) is 13.8. The van der Waals surface area contributed by atoms with Crippen molar-refractivity contribution in [3.63, 3.8) is 0 Å². The molecule has 56 heavy (non-hydrogen) atoms. The van der Waals surface area contributed by atoms with Gasteiger partial charge in [0.2, 0.25) is 0 Å². The smallest absolute Gasteiger partial charge is 0.341 e. The van der Waals surface area contributed by atoms with Gasteiger partial charge >= 0.3 is 5.97 Å². The maximum Gasteiger partial charge on any atom is 0.341 e. The first-order chi connectivity index (χ1) is 26.9. The number of rotatable bonds is 14. The summed E-state index contributed by atoms with van der Waals surface area (Å²) in [6, 6.07) is 32.3. The highest BCUT2D eigenvalue weighted by atomic mass is 35.5. The molecule has 290 valence electrons. The van der Waals surface area contributed by atoms with Gasteiger partial charge in [0.05, 0.1) is 39.9 Å². The van der Waals surface area contributed by atoms with Gasteiger partial charge in [-0.2, -0.15) is 0 Å². The zero-order valence-corrected chi connectivity index (χ0v) is 35.1. The lowest BCUT2D eigenvalue weighted by Crippen LogP contribution is -2.23. The molecule has 1 heterocycles. The van der Waals surface area contributed by atoms with Gasteiger partial charge < -0.3 is 24.8 Å². The molecule has 0 saturated carbocycles. The molecule has 10 heteroatoms. The monoisotopic (exact) mass is 828 g/mol. The number of halogens is 4. The van der Waals surface area contributed by atoms with Gasteiger partial charge in [0.25, 0.3) is 0 Å². The second-order valence-corrected chi connectivity index (χ2v) is 15.3. The number of hydrogen-bond acceptors (Lipinski definition) is 6. The lowest BCUT2D eigenvalue weighted by molar-refractivity contribution is 0.0300. The molecule has 0 fully saturated rings. The molecule has 1 aliphatic rings. The summed E-state index contributed by atoms with van der Waals surface area (Å²) < 4.78 is 17.6. The molecule has 0 spiro atoms. The number of methoxy groups -OCH3 is 2. The minimum Gasteiger partial charge on any atom is -0.497 e. The Kier molecular flexibility index (Phi) is 13.0. The number of cyclic esters (lactones) is 1. The Morgan fingerprint density at radius 1 is 0.607 bits per heavy atom. The van der Waals surface area contributed by atoms with E-state index in [1.54, 1.807) is 14.2 Å². The standard InChI is InChI=1S/C46H44Cl4N2O4/c1-7-27(3)51-33-17-9-29(10-18-33)37(31-13-21-35(54-5)22-14-31)25-46(40-39(45(53)56-46)41(47)43(49)44(50)42(40)48)26-38(32-15-23-36(55-6)24-16-32)30-11-19-34(20-12-30)52-28(4)8-2/h9-28,51-52H,7-8H2,1-6H3/b37-25-,38-26-. The van der Waals surface area contributed by atoms with Gasteiger partial charge in [0, 0.05) is 29.0 Å². The zero-order chi connectivity index (χ0) is 40.1. The number of esters is 1. The van der Waals surface area contributed by atoms with E-state index in [1.807, 2.05) is 109 Å². The van der Waals surface area contributed by atoms with E-state index in [0.29, 0.717) is 23.6 Å². The molecule has 2 unspecified atom stereocenters. The molecular weight excluding hydrogens is 786 g/mol. The third-order valence-corrected chi connectivity index (χ3v) is 11.9. The van der Waals surface area contributed by atoms with Crippen LogP contribution in [0.2, 0.25) is 20.1 Å². The minimum absolute atomic E-state index is 0.0134. The fourth-order valence-corrected chi connectivity index (χ4v) is 7.67. The van der Waals surface area contributed by atoms with Crippen molar-refractivity contribution in [3.05, 3.63) is 163 Å². The van der Waals surface area contributed by atoms with E-state index in [-0.39, 0.29) is 31.2 Å². The molecule has 0 aliphatic carbocycles. The molecule has 2 atom stereocenters. The molecule has 1 aliphatic heterocycles. The third-order valence-electron chi connectivity index (χ3n) is 10.1. The quantitative estimate of drug-likeness (QED) is 0.0660. The lowest BCUT2D eigenvalue weighted by atomic mass is 9.83. The first-order valence-corrected chi connectivity index (χ1v) is 20.0. The van der Waals surface area contributed by atoms with Crippen molar-refractivity contribution < 1.29 is 19.0 Å². The highest BCUT2D eigenvalue weighted by Gasteiger charge is 2.48. The molecule has 2 N–H and O–H groups in total. The van der Waals surface area contributed by atoms with E-state index in [0.717, 1.165) is 57.6 Å². The van der Waals surface area contributed by atoms with E-state index < -0.39 is 11.6 Å². The number of carbonyl (C=O) groups is 1. The Balaban J connectivity index is 1.68. The summed E-state index contributed by atoms with van der Waals surface area (Å²) in [5.41, 5.74) is 5.52. The Morgan fingerprint density at radius 2 is 0.964 bits per heavy atom. The summed E-state index contributed by atoms with van der Waals surface area (Å²) >= 11 is 27.3. The van der Waals surface area contributed by atoms with Crippen LogP contribution in [0, 0.1) is 0 Å². The fourth-order valence-electron chi connectivity index (χ4n) is 6.59. The first-order valence-electron chi connectivity index (χ1n) is 18.5. The molecule has 0 bridgehead atoms. The van der Waals surface area contributed by atoms with Gasteiger partial charge in [0.1, 0.15) is 11.5 Å². The van der Waals surface area contributed by atoms with Crippen LogP contribution < -0.4 is 20.1 Å². The van der Waals surface area contributed by atoms with Crippen LogP contribution in [0.1, 0.15) is 78.7 Å². The molecule has 5 aromatic carbocycles. The van der Waals surface area contributed by atoms with Crippen molar-refractivity contribution in [2.24, 2.45) is 0 Å². The van der Waals surface area contributed by atoms with Crippen LogP contribution in [0.15, 0.2) is 109 Å². The predicted molar refractivity (Wildman–Crippen MR) is 233 cm³/mol. The molecule has 0 amide bonds. The molecule has 0 saturated heterocycles. The van der Waals surface area contributed by atoms with E-state index in [2.05, 4.69) is 38.3 Å². The van der Waals surface area contributed by atoms with Crippen molar-refractivity contribution in [3.8, 4) is 11.5 Å². The first kappa shape index (κ1) is 41.1. The van der Waals surface area contributed by atoms with Gasteiger partial charge in [-0.3, -0.25) is 0 Å². The summed E-state index contributed by atoms with van der Waals surface area (Å²) in [4.78, 5) is 14.2. The molecular formula is C46H44Cl4N2O4. The van der Waals surface area contributed by atoms with Crippen LogP contribution in [0.25, 0.3) is 11.1 Å².